The van der Waals surface area contributed by atoms with E-state index in [1.165, 1.54) is 0 Å². The first-order valence-electron chi connectivity index (χ1n) is 26.3. The molecule has 0 aromatic heterocycles. The number of esters is 3. The predicted octanol–water partition coefficient (Wildman–Crippen LogP) is 17.6. The molecule has 0 unspecified atom stereocenters. The van der Waals surface area contributed by atoms with Crippen molar-refractivity contribution in [1.29, 1.82) is 0 Å². The number of hydrogen-bond donors (Lipinski definition) is 0. The third kappa shape index (κ3) is 52.1. The third-order valence-electron chi connectivity index (χ3n) is 10.3. The largest absolute Gasteiger partial charge is 0.462 e. The molecule has 0 aromatic carbocycles. The van der Waals surface area contributed by atoms with Crippen LogP contribution in [0.3, 0.4) is 0 Å². The summed E-state index contributed by atoms with van der Waals surface area (Å²) in [5, 5.41) is 0. The summed E-state index contributed by atoms with van der Waals surface area (Å²) in [7, 11) is 0. The van der Waals surface area contributed by atoms with E-state index < -0.39 is 6.10 Å². The van der Waals surface area contributed by atoms with Crippen molar-refractivity contribution in [3.05, 3.63) is 146 Å². The van der Waals surface area contributed by atoms with E-state index in [2.05, 4.69) is 167 Å². The van der Waals surface area contributed by atoms with Crippen molar-refractivity contribution in [3.8, 4) is 0 Å². The molecule has 0 bridgehead atoms. The molecule has 6 nitrogen and oxygen atoms in total. The van der Waals surface area contributed by atoms with E-state index in [9.17, 15) is 14.4 Å². The number of allylic oxidation sites excluding steroid dienone is 24. The molecule has 0 amide bonds. The van der Waals surface area contributed by atoms with Crippen molar-refractivity contribution in [2.75, 3.05) is 13.2 Å². The summed E-state index contributed by atoms with van der Waals surface area (Å²) in [4.78, 5) is 38.0. The van der Waals surface area contributed by atoms with Crippen LogP contribution in [0, 0.1) is 0 Å². The van der Waals surface area contributed by atoms with Crippen molar-refractivity contribution in [3.63, 3.8) is 0 Å². The smallest absolute Gasteiger partial charge is 0.306 e. The van der Waals surface area contributed by atoms with E-state index in [4.69, 9.17) is 14.2 Å². The van der Waals surface area contributed by atoms with Crippen LogP contribution >= 0.6 is 0 Å². The lowest BCUT2D eigenvalue weighted by atomic mass is 10.1. The standard InChI is InChI=1S/C61H94O6/c1-4-7-10-13-16-19-22-25-28-29-30-31-34-36-39-42-45-48-51-54-60(63)66-57-58(67-61(64)55-52-49-46-43-40-37-33-27-24-21-18-15-12-9-6-3)56-65-59(62)53-50-47-44-41-38-35-32-26-23-20-17-14-11-8-5-2/h7-12,16-21,25-28,30-33,36,39-40,43,58H,4-6,13-15,22-24,29,34-35,37-38,41-42,44-57H2,1-3H3/b10-7-,11-8-,12-9-,19-16-,20-17-,21-18-,28-25-,31-30-,32-26-,33-27-,39-36-,43-40-/t58-/m1/s1. The van der Waals surface area contributed by atoms with E-state index >= 15 is 0 Å². The van der Waals surface area contributed by atoms with E-state index in [-0.39, 0.29) is 37.5 Å². The van der Waals surface area contributed by atoms with Gasteiger partial charge >= 0.3 is 17.9 Å². The Balaban J connectivity index is 4.57. The van der Waals surface area contributed by atoms with E-state index in [1.807, 2.05) is 0 Å². The Morgan fingerprint density at radius 1 is 0.299 bits per heavy atom. The molecule has 0 heterocycles. The minimum absolute atomic E-state index is 0.121. The van der Waals surface area contributed by atoms with Crippen LogP contribution in [0.5, 0.6) is 0 Å². The molecule has 6 heteroatoms. The summed E-state index contributed by atoms with van der Waals surface area (Å²) < 4.78 is 16.7. The number of carbonyl (C=O) groups excluding carboxylic acids is 3. The van der Waals surface area contributed by atoms with Gasteiger partial charge in [-0.15, -0.1) is 0 Å². The molecule has 374 valence electrons. The Hall–Kier alpha value is -4.71. The summed E-state index contributed by atoms with van der Waals surface area (Å²) >= 11 is 0. The van der Waals surface area contributed by atoms with Gasteiger partial charge in [-0.1, -0.05) is 192 Å². The number of rotatable bonds is 45. The molecule has 1 atom stereocenters. The zero-order chi connectivity index (χ0) is 48.6. The molecule has 0 fully saturated rings. The molecular formula is C61H94O6. The number of unbranched alkanes of at least 4 members (excludes halogenated alkanes) is 10. The molecule has 0 spiro atoms. The minimum Gasteiger partial charge on any atom is -0.462 e. The van der Waals surface area contributed by atoms with Gasteiger partial charge in [-0.3, -0.25) is 14.4 Å². The highest BCUT2D eigenvalue weighted by Gasteiger charge is 2.19. The van der Waals surface area contributed by atoms with Crippen LogP contribution in [-0.4, -0.2) is 37.2 Å². The zero-order valence-corrected chi connectivity index (χ0v) is 42.6. The van der Waals surface area contributed by atoms with E-state index in [0.717, 1.165) is 154 Å². The van der Waals surface area contributed by atoms with Gasteiger partial charge in [-0.05, 0) is 135 Å². The molecule has 0 aliphatic heterocycles. The van der Waals surface area contributed by atoms with Crippen LogP contribution in [0.15, 0.2) is 146 Å². The van der Waals surface area contributed by atoms with E-state index in [0.29, 0.717) is 19.3 Å². The second-order valence-electron chi connectivity index (χ2n) is 16.6. The Kier molecular flexibility index (Phi) is 50.1. The van der Waals surface area contributed by atoms with Crippen molar-refractivity contribution in [2.24, 2.45) is 0 Å². The molecular weight excluding hydrogens is 829 g/mol. The Morgan fingerprint density at radius 3 is 0.881 bits per heavy atom. The topological polar surface area (TPSA) is 78.9 Å². The summed E-state index contributed by atoms with van der Waals surface area (Å²) in [5.74, 6) is -1.02. The lowest BCUT2D eigenvalue weighted by molar-refractivity contribution is -0.167. The average Bonchev–Trinajstić information content (AvgIpc) is 3.33. The van der Waals surface area contributed by atoms with Crippen LogP contribution in [0.2, 0.25) is 0 Å². The van der Waals surface area contributed by atoms with Gasteiger partial charge < -0.3 is 14.2 Å². The van der Waals surface area contributed by atoms with Crippen molar-refractivity contribution in [2.45, 2.75) is 207 Å². The fourth-order valence-electron chi connectivity index (χ4n) is 6.47. The van der Waals surface area contributed by atoms with Crippen molar-refractivity contribution in [1.82, 2.24) is 0 Å². The van der Waals surface area contributed by atoms with E-state index in [1.54, 1.807) is 0 Å². The van der Waals surface area contributed by atoms with Gasteiger partial charge in [0.15, 0.2) is 6.10 Å². The fourth-order valence-corrected chi connectivity index (χ4v) is 6.47. The average molecular weight is 923 g/mol. The maximum atomic E-state index is 12.8. The second kappa shape index (κ2) is 53.9. The monoisotopic (exact) mass is 923 g/mol. The quantitative estimate of drug-likeness (QED) is 0.0262. The molecule has 67 heavy (non-hydrogen) atoms. The van der Waals surface area contributed by atoms with Crippen molar-refractivity contribution < 1.29 is 28.6 Å². The molecule has 0 aromatic rings. The van der Waals surface area contributed by atoms with Crippen LogP contribution < -0.4 is 0 Å². The second-order valence-corrected chi connectivity index (χ2v) is 16.6. The highest BCUT2D eigenvalue weighted by molar-refractivity contribution is 5.71. The lowest BCUT2D eigenvalue weighted by Crippen LogP contribution is -2.30. The maximum absolute atomic E-state index is 12.8. The van der Waals surface area contributed by atoms with Gasteiger partial charge in [0.2, 0.25) is 0 Å². The molecule has 0 aliphatic rings. The van der Waals surface area contributed by atoms with Crippen LogP contribution in [0.25, 0.3) is 0 Å². The van der Waals surface area contributed by atoms with Gasteiger partial charge in [0.05, 0.1) is 0 Å². The molecule has 0 saturated carbocycles. The number of carbonyl (C=O) groups is 3. The summed E-state index contributed by atoms with van der Waals surface area (Å²) in [6.45, 7) is 6.19. The normalized spacial score (nSPS) is 13.3. The molecule has 0 aliphatic carbocycles. The Labute approximate surface area is 410 Å². The van der Waals surface area contributed by atoms with Gasteiger partial charge in [0.1, 0.15) is 13.2 Å². The van der Waals surface area contributed by atoms with Gasteiger partial charge in [0.25, 0.3) is 0 Å². The summed E-state index contributed by atoms with van der Waals surface area (Å²) in [5.41, 5.74) is 0. The fraction of sp³-hybridized carbons (Fsp3) is 0.557. The maximum Gasteiger partial charge on any atom is 0.306 e. The highest BCUT2D eigenvalue weighted by atomic mass is 16.6. The van der Waals surface area contributed by atoms with Crippen LogP contribution in [0.1, 0.15) is 201 Å². The van der Waals surface area contributed by atoms with Crippen LogP contribution in [-0.2, 0) is 28.6 Å². The zero-order valence-electron chi connectivity index (χ0n) is 42.6. The number of ether oxygens (including phenoxy) is 3. The van der Waals surface area contributed by atoms with Gasteiger partial charge in [-0.2, -0.15) is 0 Å². The lowest BCUT2D eigenvalue weighted by Gasteiger charge is -2.18. The number of hydrogen-bond acceptors (Lipinski definition) is 6. The van der Waals surface area contributed by atoms with Gasteiger partial charge in [-0.25, -0.2) is 0 Å². The molecule has 0 saturated heterocycles. The summed E-state index contributed by atoms with van der Waals surface area (Å²) in [6.07, 6.45) is 76.9. The van der Waals surface area contributed by atoms with Gasteiger partial charge in [0, 0.05) is 19.3 Å². The molecule has 0 radical (unpaired) electrons. The minimum atomic E-state index is -0.827. The third-order valence-corrected chi connectivity index (χ3v) is 10.3. The van der Waals surface area contributed by atoms with Crippen LogP contribution in [0.4, 0.5) is 0 Å². The highest BCUT2D eigenvalue weighted by Crippen LogP contribution is 2.12. The Morgan fingerprint density at radius 2 is 0.537 bits per heavy atom. The Bertz CT molecular complexity index is 1530. The SMILES string of the molecule is CC/C=C\C/C=C\C/C=C\C/C=C\C/C=C\CCCCCC(=O)OC[C@@H](COC(=O)CCCCCCC/C=C\C/C=C\C/C=C\CC)OC(=O)CCCC/C=C\C/C=C\C/C=C\C/C=C\CC. The molecule has 0 rings (SSSR count). The first kappa shape index (κ1) is 62.3. The summed E-state index contributed by atoms with van der Waals surface area (Å²) in [6, 6.07) is 0. The first-order chi connectivity index (χ1) is 33.0. The predicted molar refractivity (Wildman–Crippen MR) is 288 cm³/mol. The van der Waals surface area contributed by atoms with Crippen molar-refractivity contribution >= 4 is 17.9 Å². The first-order valence-corrected chi connectivity index (χ1v) is 26.3. The molecule has 0 N–H and O–H groups in total.